The van der Waals surface area contributed by atoms with Crippen LogP contribution in [0.2, 0.25) is 0 Å². The first-order valence-electron chi connectivity index (χ1n) is 8.84. The van der Waals surface area contributed by atoms with Gasteiger partial charge in [0.1, 0.15) is 0 Å². The second-order valence-corrected chi connectivity index (χ2v) is 8.39. The maximum atomic E-state index is 11.8. The number of nitrogens with one attached hydrogen (secondary N) is 3. The first kappa shape index (κ1) is 21.2. The Hall–Kier alpha value is -2.13. The molecule has 1 heterocycles. The summed E-state index contributed by atoms with van der Waals surface area (Å²) in [5.41, 5.74) is 2.23. The molecular formula is C18H25N5O2S2. The van der Waals surface area contributed by atoms with E-state index >= 15 is 0 Å². The van der Waals surface area contributed by atoms with Crippen LogP contribution in [0.5, 0.6) is 0 Å². The molecule has 2 rings (SSSR count). The van der Waals surface area contributed by atoms with E-state index in [1.165, 1.54) is 28.7 Å². The number of hydrogen-bond donors (Lipinski definition) is 3. The van der Waals surface area contributed by atoms with Crippen LogP contribution >= 0.6 is 23.1 Å². The lowest BCUT2D eigenvalue weighted by Gasteiger charge is -2.06. The monoisotopic (exact) mass is 407 g/mol. The molecule has 1 aromatic heterocycles. The molecule has 2 aromatic rings. The molecule has 9 heteroatoms. The van der Waals surface area contributed by atoms with Crippen molar-refractivity contribution in [3.8, 4) is 0 Å². The van der Waals surface area contributed by atoms with Gasteiger partial charge in [-0.3, -0.25) is 9.59 Å². The number of carbonyl (C=O) groups excluding carboxylic acids is 2. The fraction of sp³-hybridized carbons (Fsp3) is 0.444. The van der Waals surface area contributed by atoms with E-state index in [1.807, 2.05) is 19.1 Å². The summed E-state index contributed by atoms with van der Waals surface area (Å²) in [6.07, 6.45) is 0.866. The van der Waals surface area contributed by atoms with Gasteiger partial charge in [-0.15, -0.1) is 10.2 Å². The Morgan fingerprint density at radius 1 is 1.11 bits per heavy atom. The van der Waals surface area contributed by atoms with E-state index in [4.69, 9.17) is 0 Å². The van der Waals surface area contributed by atoms with Gasteiger partial charge in [0.05, 0.1) is 12.3 Å². The standard InChI is InChI=1S/C18H25N5O2S2/c1-4-9-19-15(24)10-20-16(25)11-26-18-23-22-17(27-18)21-14-7-5-13(6-8-14)12(2)3/h5-8,12H,4,9-11H2,1-3H3,(H,19,24)(H,20,25)(H,21,22). The number of thioether (sulfide) groups is 1. The van der Waals surface area contributed by atoms with Gasteiger partial charge in [0.2, 0.25) is 16.9 Å². The van der Waals surface area contributed by atoms with Crippen molar-refractivity contribution in [2.24, 2.45) is 0 Å². The van der Waals surface area contributed by atoms with Crippen molar-refractivity contribution in [2.75, 3.05) is 24.2 Å². The molecule has 0 spiro atoms. The Balaban J connectivity index is 1.75. The molecule has 0 aliphatic heterocycles. The molecule has 146 valence electrons. The Morgan fingerprint density at radius 2 is 1.85 bits per heavy atom. The van der Waals surface area contributed by atoms with Gasteiger partial charge in [-0.25, -0.2) is 0 Å². The van der Waals surface area contributed by atoms with Crippen LogP contribution in [0, 0.1) is 0 Å². The van der Waals surface area contributed by atoms with Crippen LogP contribution in [0.1, 0.15) is 38.7 Å². The summed E-state index contributed by atoms with van der Waals surface area (Å²) in [7, 11) is 0. The zero-order valence-electron chi connectivity index (χ0n) is 15.7. The minimum absolute atomic E-state index is 0.00527. The van der Waals surface area contributed by atoms with Crippen LogP contribution in [0.15, 0.2) is 28.6 Å². The van der Waals surface area contributed by atoms with Crippen molar-refractivity contribution in [1.82, 2.24) is 20.8 Å². The Morgan fingerprint density at radius 3 is 2.52 bits per heavy atom. The summed E-state index contributed by atoms with van der Waals surface area (Å²) < 4.78 is 0.696. The summed E-state index contributed by atoms with van der Waals surface area (Å²) >= 11 is 2.68. The number of aromatic nitrogens is 2. The fourth-order valence-corrected chi connectivity index (χ4v) is 3.68. The molecule has 2 amide bonds. The summed E-state index contributed by atoms with van der Waals surface area (Å²) in [5.74, 6) is 0.299. The van der Waals surface area contributed by atoms with Gasteiger partial charge in [0.25, 0.3) is 0 Å². The summed E-state index contributed by atoms with van der Waals surface area (Å²) in [6.45, 7) is 6.90. The highest BCUT2D eigenvalue weighted by atomic mass is 32.2. The fourth-order valence-electron chi connectivity index (χ4n) is 2.08. The molecule has 3 N–H and O–H groups in total. The van der Waals surface area contributed by atoms with E-state index in [-0.39, 0.29) is 24.1 Å². The predicted molar refractivity (Wildman–Crippen MR) is 111 cm³/mol. The van der Waals surface area contributed by atoms with E-state index in [2.05, 4.69) is 52.1 Å². The van der Waals surface area contributed by atoms with Crippen molar-refractivity contribution in [3.63, 3.8) is 0 Å². The van der Waals surface area contributed by atoms with E-state index < -0.39 is 0 Å². The lowest BCUT2D eigenvalue weighted by Crippen LogP contribution is -2.37. The molecule has 0 atom stereocenters. The largest absolute Gasteiger partial charge is 0.355 e. The molecule has 0 saturated carbocycles. The Kier molecular flexibility index (Phi) is 8.53. The third-order valence-electron chi connectivity index (χ3n) is 3.58. The van der Waals surface area contributed by atoms with Gasteiger partial charge in [-0.2, -0.15) is 0 Å². The maximum Gasteiger partial charge on any atom is 0.239 e. The first-order valence-corrected chi connectivity index (χ1v) is 10.6. The number of amides is 2. The molecule has 0 fully saturated rings. The first-order chi connectivity index (χ1) is 13.0. The number of anilines is 2. The summed E-state index contributed by atoms with van der Waals surface area (Å²) in [6, 6.07) is 8.20. The maximum absolute atomic E-state index is 11.8. The third kappa shape index (κ3) is 7.56. The minimum Gasteiger partial charge on any atom is -0.355 e. The zero-order chi connectivity index (χ0) is 19.6. The molecule has 0 bridgehead atoms. The lowest BCUT2D eigenvalue weighted by atomic mass is 10.0. The van der Waals surface area contributed by atoms with E-state index in [1.54, 1.807) is 0 Å². The van der Waals surface area contributed by atoms with Crippen LogP contribution in [0.4, 0.5) is 10.8 Å². The van der Waals surface area contributed by atoms with Gasteiger partial charge < -0.3 is 16.0 Å². The summed E-state index contributed by atoms with van der Waals surface area (Å²) in [5, 5.41) is 17.4. The quantitative estimate of drug-likeness (QED) is 0.524. The van der Waals surface area contributed by atoms with Crippen molar-refractivity contribution in [3.05, 3.63) is 29.8 Å². The van der Waals surface area contributed by atoms with Crippen LogP contribution in [0.25, 0.3) is 0 Å². The molecule has 0 saturated heterocycles. The number of carbonyl (C=O) groups is 2. The van der Waals surface area contributed by atoms with Gasteiger partial charge in [-0.05, 0) is 30.0 Å². The van der Waals surface area contributed by atoms with Crippen LogP contribution in [-0.2, 0) is 9.59 Å². The number of rotatable bonds is 10. The minimum atomic E-state index is -0.208. The SMILES string of the molecule is CCCNC(=O)CNC(=O)CSc1nnc(Nc2ccc(C(C)C)cc2)s1. The van der Waals surface area contributed by atoms with Gasteiger partial charge in [0.15, 0.2) is 4.34 Å². The Labute approximate surface area is 167 Å². The lowest BCUT2D eigenvalue weighted by molar-refractivity contribution is -0.124. The second kappa shape index (κ2) is 10.9. The van der Waals surface area contributed by atoms with Crippen LogP contribution < -0.4 is 16.0 Å². The number of nitrogens with zero attached hydrogens (tertiary/aromatic N) is 2. The van der Waals surface area contributed by atoms with Crippen LogP contribution in [-0.4, -0.2) is 40.9 Å². The molecule has 0 radical (unpaired) electrons. The molecule has 0 aliphatic carbocycles. The smallest absolute Gasteiger partial charge is 0.239 e. The molecule has 0 aliphatic rings. The van der Waals surface area contributed by atoms with Gasteiger partial charge >= 0.3 is 0 Å². The van der Waals surface area contributed by atoms with Crippen molar-refractivity contribution in [2.45, 2.75) is 37.4 Å². The van der Waals surface area contributed by atoms with Crippen LogP contribution in [0.3, 0.4) is 0 Å². The van der Waals surface area contributed by atoms with E-state index in [0.29, 0.717) is 21.9 Å². The predicted octanol–water partition coefficient (Wildman–Crippen LogP) is 3.14. The van der Waals surface area contributed by atoms with E-state index in [9.17, 15) is 9.59 Å². The molecule has 7 nitrogen and oxygen atoms in total. The summed E-state index contributed by atoms with van der Waals surface area (Å²) in [4.78, 5) is 23.3. The average molecular weight is 408 g/mol. The highest BCUT2D eigenvalue weighted by Crippen LogP contribution is 2.28. The highest BCUT2D eigenvalue weighted by molar-refractivity contribution is 8.01. The normalized spacial score (nSPS) is 10.7. The van der Waals surface area contributed by atoms with E-state index in [0.717, 1.165) is 12.1 Å². The second-order valence-electron chi connectivity index (χ2n) is 6.19. The molecule has 27 heavy (non-hydrogen) atoms. The van der Waals surface area contributed by atoms with Crippen molar-refractivity contribution >= 4 is 45.7 Å². The topological polar surface area (TPSA) is 96.0 Å². The van der Waals surface area contributed by atoms with Gasteiger partial charge in [0, 0.05) is 12.2 Å². The van der Waals surface area contributed by atoms with Gasteiger partial charge in [-0.1, -0.05) is 56.0 Å². The zero-order valence-corrected chi connectivity index (χ0v) is 17.4. The average Bonchev–Trinajstić information content (AvgIpc) is 3.10. The third-order valence-corrected chi connectivity index (χ3v) is 5.55. The van der Waals surface area contributed by atoms with Crippen molar-refractivity contribution < 1.29 is 9.59 Å². The number of hydrogen-bond acceptors (Lipinski definition) is 7. The highest BCUT2D eigenvalue weighted by Gasteiger charge is 2.10. The molecule has 1 aromatic carbocycles. The Bertz CT molecular complexity index is 746. The molecule has 0 unspecified atom stereocenters. The van der Waals surface area contributed by atoms with Crippen molar-refractivity contribution in [1.29, 1.82) is 0 Å². The molecular weight excluding hydrogens is 382 g/mol. The number of benzene rings is 1.